The summed E-state index contributed by atoms with van der Waals surface area (Å²) in [7, 11) is 1.51. The molecule has 0 saturated heterocycles. The third kappa shape index (κ3) is 4.72. The lowest BCUT2D eigenvalue weighted by Gasteiger charge is -2.36. The van der Waals surface area contributed by atoms with E-state index in [0.29, 0.717) is 28.4 Å². The number of methoxy groups -OCH3 is 1. The molecule has 1 heterocycles. The van der Waals surface area contributed by atoms with Crippen molar-refractivity contribution in [2.75, 3.05) is 20.3 Å². The lowest BCUT2D eigenvalue weighted by molar-refractivity contribution is -0.140. The van der Waals surface area contributed by atoms with E-state index in [-0.39, 0.29) is 42.5 Å². The number of Topliss-reactive ketones (excluding diaryl/α,β-unsaturated/α-hetero) is 1. The van der Waals surface area contributed by atoms with Crippen LogP contribution in [0, 0.1) is 5.82 Å². The van der Waals surface area contributed by atoms with Crippen molar-refractivity contribution in [3.63, 3.8) is 0 Å². The number of hydrogen-bond acceptors (Lipinski definition) is 5. The molecule has 0 radical (unpaired) electrons. The number of benzene rings is 2. The van der Waals surface area contributed by atoms with Gasteiger partial charge in [-0.1, -0.05) is 41.9 Å². The van der Waals surface area contributed by atoms with Crippen molar-refractivity contribution in [2.45, 2.75) is 31.6 Å². The minimum atomic E-state index is -0.837. The van der Waals surface area contributed by atoms with Crippen LogP contribution in [0.25, 0.3) is 0 Å². The molecule has 2 aromatic rings. The summed E-state index contributed by atoms with van der Waals surface area (Å²) in [5, 5.41) is 3.89. The summed E-state index contributed by atoms with van der Waals surface area (Å²) < 4.78 is 25.3. The highest BCUT2D eigenvalue weighted by molar-refractivity contribution is 6.30. The predicted molar refractivity (Wildman–Crippen MR) is 123 cm³/mol. The van der Waals surface area contributed by atoms with Crippen LogP contribution < -0.4 is 5.32 Å². The molecule has 1 aliphatic carbocycles. The first-order valence-electron chi connectivity index (χ1n) is 10.8. The first-order chi connectivity index (χ1) is 15.9. The van der Waals surface area contributed by atoms with Crippen molar-refractivity contribution < 1.29 is 23.5 Å². The Kier molecular flexibility index (Phi) is 6.96. The highest BCUT2D eigenvalue weighted by Gasteiger charge is 2.42. The molecule has 2 atom stereocenters. The molecule has 1 aliphatic heterocycles. The molecule has 2 aliphatic rings. The highest BCUT2D eigenvalue weighted by Crippen LogP contribution is 2.46. The first kappa shape index (κ1) is 23.2. The van der Waals surface area contributed by atoms with Gasteiger partial charge >= 0.3 is 5.97 Å². The number of carbonyl (C=O) groups is 2. The summed E-state index contributed by atoms with van der Waals surface area (Å²) >= 11 is 6.02. The van der Waals surface area contributed by atoms with Gasteiger partial charge in [-0.05, 0) is 43.0 Å². The minimum absolute atomic E-state index is 0.0368. The highest BCUT2D eigenvalue weighted by atomic mass is 35.5. The molecule has 5 nitrogen and oxygen atoms in total. The van der Waals surface area contributed by atoms with Crippen molar-refractivity contribution >= 4 is 23.4 Å². The van der Waals surface area contributed by atoms with Crippen LogP contribution in [-0.4, -0.2) is 32.1 Å². The maximum Gasteiger partial charge on any atom is 0.336 e. The molecular formula is C26H25ClFNO4. The van der Waals surface area contributed by atoms with Gasteiger partial charge in [0.15, 0.2) is 5.78 Å². The van der Waals surface area contributed by atoms with Crippen LogP contribution >= 0.6 is 11.6 Å². The number of hydrogen-bond donors (Lipinski definition) is 1. The Labute approximate surface area is 197 Å². The fourth-order valence-electron chi connectivity index (χ4n) is 4.60. The minimum Gasteiger partial charge on any atom is -0.460 e. The van der Waals surface area contributed by atoms with Crippen molar-refractivity contribution in [2.24, 2.45) is 0 Å². The fourth-order valence-corrected chi connectivity index (χ4v) is 4.72. The van der Waals surface area contributed by atoms with Gasteiger partial charge in [-0.3, -0.25) is 4.79 Å². The lowest BCUT2D eigenvalue weighted by Crippen LogP contribution is -2.36. The van der Waals surface area contributed by atoms with Crippen LogP contribution in [0.1, 0.15) is 42.7 Å². The van der Waals surface area contributed by atoms with Crippen LogP contribution in [0.2, 0.25) is 5.02 Å². The van der Waals surface area contributed by atoms with E-state index in [9.17, 15) is 14.0 Å². The number of ketones is 1. The molecule has 0 saturated carbocycles. The van der Waals surface area contributed by atoms with Crippen LogP contribution in [0.15, 0.2) is 71.1 Å². The molecule has 33 heavy (non-hydrogen) atoms. The second-order valence-corrected chi connectivity index (χ2v) is 8.66. The van der Waals surface area contributed by atoms with E-state index in [1.807, 2.05) is 12.1 Å². The summed E-state index contributed by atoms with van der Waals surface area (Å²) in [5.41, 5.74) is 3.22. The van der Waals surface area contributed by atoms with Gasteiger partial charge < -0.3 is 14.8 Å². The Morgan fingerprint density at radius 1 is 1.12 bits per heavy atom. The lowest BCUT2D eigenvalue weighted by atomic mass is 9.71. The molecule has 0 bridgehead atoms. The number of esters is 1. The van der Waals surface area contributed by atoms with Gasteiger partial charge in [0, 0.05) is 41.1 Å². The van der Waals surface area contributed by atoms with Gasteiger partial charge in [0.1, 0.15) is 12.4 Å². The van der Waals surface area contributed by atoms with Crippen molar-refractivity contribution in [3.05, 3.63) is 93.0 Å². The number of halogens is 2. The third-order valence-corrected chi connectivity index (χ3v) is 6.38. The number of allylic oxidation sites excluding steroid dienone is 3. The van der Waals surface area contributed by atoms with E-state index in [1.54, 1.807) is 37.3 Å². The van der Waals surface area contributed by atoms with Gasteiger partial charge in [-0.15, -0.1) is 0 Å². The predicted octanol–water partition coefficient (Wildman–Crippen LogP) is 5.03. The summed E-state index contributed by atoms with van der Waals surface area (Å²) in [5.74, 6) is -2.06. The standard InChI is InChI=1S/C26H25ClFNO4/c1-15-23(26(31)33-12-11-32-2)24(19-5-3-4-6-20(19)28)25-21(29-15)13-17(14-22(25)30)16-7-9-18(27)10-8-16/h3-10,17,24,29H,11-14H2,1-2H3/t17-,24-/m0/s1. The second-order valence-electron chi connectivity index (χ2n) is 8.22. The largest absolute Gasteiger partial charge is 0.460 e. The number of rotatable bonds is 6. The van der Waals surface area contributed by atoms with Gasteiger partial charge in [-0.25, -0.2) is 9.18 Å². The second kappa shape index (κ2) is 9.89. The molecule has 0 amide bonds. The van der Waals surface area contributed by atoms with Gasteiger partial charge in [0.25, 0.3) is 0 Å². The maximum absolute atomic E-state index is 14.9. The number of carbonyl (C=O) groups excluding carboxylic acids is 2. The zero-order chi connectivity index (χ0) is 23.5. The molecule has 0 unspecified atom stereocenters. The molecular weight excluding hydrogens is 445 g/mol. The monoisotopic (exact) mass is 469 g/mol. The van der Waals surface area contributed by atoms with E-state index >= 15 is 0 Å². The summed E-state index contributed by atoms with van der Waals surface area (Å²) in [6, 6.07) is 13.7. The van der Waals surface area contributed by atoms with Crippen LogP contribution in [0.3, 0.4) is 0 Å². The van der Waals surface area contributed by atoms with Crippen molar-refractivity contribution in [3.8, 4) is 0 Å². The number of dihydropyridines is 1. The molecule has 1 N–H and O–H groups in total. The van der Waals surface area contributed by atoms with Crippen LogP contribution in [0.5, 0.6) is 0 Å². The summed E-state index contributed by atoms with van der Waals surface area (Å²) in [6.45, 7) is 2.06. The van der Waals surface area contributed by atoms with Crippen molar-refractivity contribution in [1.29, 1.82) is 0 Å². The molecule has 0 fully saturated rings. The van der Waals surface area contributed by atoms with Gasteiger partial charge in [-0.2, -0.15) is 0 Å². The Balaban J connectivity index is 1.76. The van der Waals surface area contributed by atoms with E-state index in [4.69, 9.17) is 21.1 Å². The molecule has 7 heteroatoms. The third-order valence-electron chi connectivity index (χ3n) is 6.13. The molecule has 4 rings (SSSR count). The van der Waals surface area contributed by atoms with E-state index in [0.717, 1.165) is 5.56 Å². The van der Waals surface area contributed by atoms with Crippen molar-refractivity contribution in [1.82, 2.24) is 5.32 Å². The maximum atomic E-state index is 14.9. The normalized spacial score (nSPS) is 20.4. The summed E-state index contributed by atoms with van der Waals surface area (Å²) in [4.78, 5) is 26.5. The molecule has 0 spiro atoms. The first-order valence-corrected chi connectivity index (χ1v) is 11.2. The Morgan fingerprint density at radius 3 is 2.55 bits per heavy atom. The summed E-state index contributed by atoms with van der Waals surface area (Å²) in [6.07, 6.45) is 0.829. The van der Waals surface area contributed by atoms with Gasteiger partial charge in [0.2, 0.25) is 0 Å². The zero-order valence-corrected chi connectivity index (χ0v) is 19.2. The van der Waals surface area contributed by atoms with Crippen LogP contribution in [-0.2, 0) is 19.1 Å². The topological polar surface area (TPSA) is 64.6 Å². The van der Waals surface area contributed by atoms with E-state index in [2.05, 4.69) is 5.32 Å². The Morgan fingerprint density at radius 2 is 1.85 bits per heavy atom. The smallest absolute Gasteiger partial charge is 0.336 e. The molecule has 172 valence electrons. The molecule has 2 aromatic carbocycles. The average Bonchev–Trinajstić information content (AvgIpc) is 2.79. The van der Waals surface area contributed by atoms with Gasteiger partial charge in [0.05, 0.1) is 18.1 Å². The quantitative estimate of drug-likeness (QED) is 0.475. The number of ether oxygens (including phenoxy) is 2. The molecule has 0 aromatic heterocycles. The SMILES string of the molecule is COCCOC(=O)C1=C(C)NC2=C(C(=O)C[C@@H](c3ccc(Cl)cc3)C2)[C@H]1c1ccccc1F. The van der Waals surface area contributed by atoms with E-state index in [1.165, 1.54) is 13.2 Å². The van der Waals surface area contributed by atoms with Crippen LogP contribution in [0.4, 0.5) is 4.39 Å². The average molecular weight is 470 g/mol. The van der Waals surface area contributed by atoms with E-state index < -0.39 is 17.7 Å². The Bertz CT molecular complexity index is 1140. The number of nitrogens with one attached hydrogen (secondary N) is 1. The Hall–Kier alpha value is -2.96. The fraction of sp³-hybridized carbons (Fsp3) is 0.308. The zero-order valence-electron chi connectivity index (χ0n) is 18.5.